The van der Waals surface area contributed by atoms with Gasteiger partial charge in [0.15, 0.2) is 5.65 Å². The lowest BCUT2D eigenvalue weighted by molar-refractivity contribution is 0.414. The maximum absolute atomic E-state index is 12.8. The molecule has 0 fully saturated rings. The Morgan fingerprint density at radius 3 is 2.48 bits per heavy atom. The molecule has 0 saturated heterocycles. The van der Waals surface area contributed by atoms with Gasteiger partial charge in [0.2, 0.25) is 5.95 Å². The molecule has 0 aliphatic heterocycles. The molecule has 0 amide bonds. The Morgan fingerprint density at radius 1 is 1.11 bits per heavy atom. The highest BCUT2D eigenvalue weighted by Gasteiger charge is 2.18. The van der Waals surface area contributed by atoms with E-state index >= 15 is 0 Å². The molecule has 0 aliphatic carbocycles. The lowest BCUT2D eigenvalue weighted by atomic mass is 10.1. The summed E-state index contributed by atoms with van der Waals surface area (Å²) in [5.41, 5.74) is 8.61. The van der Waals surface area contributed by atoms with Crippen molar-refractivity contribution in [3.63, 3.8) is 0 Å². The van der Waals surface area contributed by atoms with Crippen LogP contribution in [0, 0.1) is 0 Å². The van der Waals surface area contributed by atoms with Crippen LogP contribution in [0.4, 0.5) is 5.95 Å². The van der Waals surface area contributed by atoms with Crippen LogP contribution in [-0.2, 0) is 6.54 Å². The number of aromatic nitrogens is 4. The zero-order chi connectivity index (χ0) is 19.0. The second-order valence-electron chi connectivity index (χ2n) is 5.95. The average Bonchev–Trinajstić information content (AvgIpc) is 3.03. The van der Waals surface area contributed by atoms with Crippen molar-refractivity contribution in [2.24, 2.45) is 0 Å². The third-order valence-electron chi connectivity index (χ3n) is 4.24. The van der Waals surface area contributed by atoms with Crippen LogP contribution in [0.3, 0.4) is 0 Å². The van der Waals surface area contributed by atoms with Gasteiger partial charge >= 0.3 is 5.69 Å². The Bertz CT molecular complexity index is 1170. The number of benzene rings is 2. The molecule has 0 atom stereocenters. The van der Waals surface area contributed by atoms with E-state index in [1.54, 1.807) is 7.11 Å². The number of ether oxygens (including phenoxy) is 1. The summed E-state index contributed by atoms with van der Waals surface area (Å²) in [4.78, 5) is 17.2. The monoisotopic (exact) mass is 425 g/mol. The zero-order valence-electron chi connectivity index (χ0n) is 14.5. The minimum atomic E-state index is -0.342. The van der Waals surface area contributed by atoms with Crippen LogP contribution in [0.25, 0.3) is 16.9 Å². The van der Waals surface area contributed by atoms with E-state index in [0.717, 1.165) is 16.9 Å². The Kier molecular flexibility index (Phi) is 4.41. The van der Waals surface area contributed by atoms with Crippen molar-refractivity contribution in [3.05, 3.63) is 75.1 Å². The molecule has 2 aromatic carbocycles. The molecular weight excluding hydrogens is 410 g/mol. The first-order valence-electron chi connectivity index (χ1n) is 8.21. The highest BCUT2D eigenvalue weighted by atomic mass is 79.9. The van der Waals surface area contributed by atoms with Crippen LogP contribution in [0.15, 0.2) is 63.9 Å². The Hall–Kier alpha value is -3.13. The van der Waals surface area contributed by atoms with E-state index in [4.69, 9.17) is 10.5 Å². The van der Waals surface area contributed by atoms with Gasteiger partial charge in [0.1, 0.15) is 5.75 Å². The van der Waals surface area contributed by atoms with E-state index in [1.165, 1.54) is 9.08 Å². The molecule has 4 aromatic rings. The molecule has 0 bridgehead atoms. The highest BCUT2D eigenvalue weighted by Crippen LogP contribution is 2.29. The fraction of sp³-hybridized carbons (Fsp3) is 0.105. The van der Waals surface area contributed by atoms with Gasteiger partial charge in [0.05, 0.1) is 23.8 Å². The predicted octanol–water partition coefficient (Wildman–Crippen LogP) is 2.96. The normalized spacial score (nSPS) is 11.0. The third-order valence-corrected chi connectivity index (χ3v) is 4.97. The predicted molar refractivity (Wildman–Crippen MR) is 107 cm³/mol. The van der Waals surface area contributed by atoms with E-state index in [9.17, 15) is 4.79 Å². The molecule has 2 aromatic heterocycles. The zero-order valence-corrected chi connectivity index (χ0v) is 16.0. The highest BCUT2D eigenvalue weighted by molar-refractivity contribution is 9.10. The van der Waals surface area contributed by atoms with Crippen LogP contribution < -0.4 is 16.2 Å². The quantitative estimate of drug-likeness (QED) is 0.542. The summed E-state index contributed by atoms with van der Waals surface area (Å²) in [7, 11) is 1.61. The molecule has 27 heavy (non-hydrogen) atoms. The summed E-state index contributed by atoms with van der Waals surface area (Å²) in [6, 6.07) is 17.1. The van der Waals surface area contributed by atoms with E-state index < -0.39 is 0 Å². The summed E-state index contributed by atoms with van der Waals surface area (Å²) in [5.74, 6) is 0.850. The molecule has 0 aliphatic rings. The lowest BCUT2D eigenvalue weighted by Crippen LogP contribution is -2.23. The first-order chi connectivity index (χ1) is 13.1. The van der Waals surface area contributed by atoms with Crippen molar-refractivity contribution in [2.45, 2.75) is 6.54 Å². The summed E-state index contributed by atoms with van der Waals surface area (Å²) >= 11 is 3.53. The Morgan fingerprint density at radius 2 is 1.81 bits per heavy atom. The Balaban J connectivity index is 1.82. The maximum Gasteiger partial charge on any atom is 0.353 e. The topological polar surface area (TPSA) is 87.4 Å². The second kappa shape index (κ2) is 6.88. The van der Waals surface area contributed by atoms with Crippen LogP contribution >= 0.6 is 15.9 Å². The van der Waals surface area contributed by atoms with Gasteiger partial charge in [-0.05, 0) is 33.6 Å². The molecule has 8 heteroatoms. The minimum Gasteiger partial charge on any atom is -0.497 e. The maximum atomic E-state index is 12.8. The molecule has 0 radical (unpaired) electrons. The molecule has 2 heterocycles. The minimum absolute atomic E-state index is 0.0954. The van der Waals surface area contributed by atoms with E-state index in [-0.39, 0.29) is 11.6 Å². The number of nitrogens with zero attached hydrogens (tertiary/aromatic N) is 4. The van der Waals surface area contributed by atoms with Gasteiger partial charge in [-0.2, -0.15) is 0 Å². The number of hydrogen-bond acceptors (Lipinski definition) is 5. The summed E-state index contributed by atoms with van der Waals surface area (Å²) in [6.45, 7) is 0.317. The van der Waals surface area contributed by atoms with E-state index in [0.29, 0.717) is 22.4 Å². The van der Waals surface area contributed by atoms with E-state index in [2.05, 4.69) is 26.0 Å². The molecule has 136 valence electrons. The fourth-order valence-electron chi connectivity index (χ4n) is 2.87. The largest absolute Gasteiger partial charge is 0.497 e. The number of nitrogens with two attached hydrogens (primary N) is 1. The van der Waals surface area contributed by atoms with Crippen LogP contribution in [0.1, 0.15) is 5.56 Å². The molecule has 0 unspecified atom stereocenters. The molecule has 0 spiro atoms. The van der Waals surface area contributed by atoms with Gasteiger partial charge in [-0.25, -0.2) is 18.9 Å². The summed E-state index contributed by atoms with van der Waals surface area (Å²) < 4.78 is 8.45. The number of hydrogen-bond donors (Lipinski definition) is 1. The Labute approximate surface area is 163 Å². The van der Waals surface area contributed by atoms with Gasteiger partial charge in [-0.15, -0.1) is 5.10 Å². The van der Waals surface area contributed by atoms with E-state index in [1.807, 2.05) is 54.6 Å². The van der Waals surface area contributed by atoms with Crippen molar-refractivity contribution in [2.75, 3.05) is 12.8 Å². The van der Waals surface area contributed by atoms with Gasteiger partial charge < -0.3 is 10.5 Å². The SMILES string of the molecule is COc1ccc(Cn2nc3c(Br)c(-c4ccccc4)nc(N)n3c2=O)cc1. The van der Waals surface area contributed by atoms with Gasteiger partial charge in [-0.3, -0.25) is 0 Å². The first-order valence-corrected chi connectivity index (χ1v) is 9.00. The van der Waals surface area contributed by atoms with Gasteiger partial charge in [0.25, 0.3) is 0 Å². The third kappa shape index (κ3) is 3.08. The number of halogens is 1. The average molecular weight is 426 g/mol. The molecule has 2 N–H and O–H groups in total. The molecule has 7 nitrogen and oxygen atoms in total. The molecular formula is C19H16BrN5O2. The second-order valence-corrected chi connectivity index (χ2v) is 6.74. The van der Waals surface area contributed by atoms with Crippen LogP contribution in [-0.4, -0.2) is 26.3 Å². The number of fused-ring (bicyclic) bond motifs is 1. The summed E-state index contributed by atoms with van der Waals surface area (Å²) in [5, 5.41) is 4.47. The van der Waals surface area contributed by atoms with Crippen LogP contribution in [0.2, 0.25) is 0 Å². The number of methoxy groups -OCH3 is 1. The first kappa shape index (κ1) is 17.3. The number of nitrogen functional groups attached to an aromatic ring is 1. The lowest BCUT2D eigenvalue weighted by Gasteiger charge is -2.06. The number of rotatable bonds is 4. The van der Waals surface area contributed by atoms with Crippen molar-refractivity contribution in [1.29, 1.82) is 0 Å². The standard InChI is InChI=1S/C19H16BrN5O2/c1-27-14-9-7-12(8-10-14)11-24-19(26)25-17(23-24)15(20)16(22-18(25)21)13-5-3-2-4-6-13/h2-10H,11H2,1H3,(H2,21,22). The van der Waals surface area contributed by atoms with Crippen molar-refractivity contribution in [3.8, 4) is 17.0 Å². The van der Waals surface area contributed by atoms with Crippen molar-refractivity contribution >= 4 is 27.5 Å². The van der Waals surface area contributed by atoms with Crippen molar-refractivity contribution in [1.82, 2.24) is 19.2 Å². The number of anilines is 1. The van der Waals surface area contributed by atoms with Gasteiger partial charge in [-0.1, -0.05) is 42.5 Å². The molecule has 4 rings (SSSR count). The smallest absolute Gasteiger partial charge is 0.353 e. The van der Waals surface area contributed by atoms with Crippen LogP contribution in [0.5, 0.6) is 5.75 Å². The summed E-state index contributed by atoms with van der Waals surface area (Å²) in [6.07, 6.45) is 0. The fourth-order valence-corrected chi connectivity index (χ4v) is 3.44. The van der Waals surface area contributed by atoms with Crippen molar-refractivity contribution < 1.29 is 4.74 Å². The molecule has 0 saturated carbocycles. The van der Waals surface area contributed by atoms with Gasteiger partial charge in [0, 0.05) is 5.56 Å².